The molecule has 9 heteroatoms. The highest BCUT2D eigenvalue weighted by Crippen LogP contribution is 2.21. The maximum absolute atomic E-state index is 13.2. The lowest BCUT2D eigenvalue weighted by molar-refractivity contribution is 0.0921. The van der Waals surface area contributed by atoms with E-state index in [1.807, 2.05) is 0 Å². The number of rotatable bonds is 3. The number of piperidine rings is 1. The van der Waals surface area contributed by atoms with Gasteiger partial charge in [-0.05, 0) is 25.0 Å². The topological polar surface area (TPSA) is 66.5 Å². The zero-order valence-corrected chi connectivity index (χ0v) is 13.3. The van der Waals surface area contributed by atoms with Crippen molar-refractivity contribution in [2.75, 3.05) is 19.3 Å². The highest BCUT2D eigenvalue weighted by molar-refractivity contribution is 7.88. The van der Waals surface area contributed by atoms with Gasteiger partial charge in [0.25, 0.3) is 5.91 Å². The molecule has 5 nitrogen and oxygen atoms in total. The van der Waals surface area contributed by atoms with Crippen molar-refractivity contribution >= 4 is 27.5 Å². The van der Waals surface area contributed by atoms with E-state index < -0.39 is 33.6 Å². The molecule has 1 saturated heterocycles. The number of amides is 1. The molecule has 1 heterocycles. The average Bonchev–Trinajstić information content (AvgIpc) is 2.42. The first-order valence-corrected chi connectivity index (χ1v) is 8.81. The molecule has 1 atom stereocenters. The molecule has 22 heavy (non-hydrogen) atoms. The first kappa shape index (κ1) is 17.1. The fraction of sp³-hybridized carbons (Fsp3) is 0.462. The summed E-state index contributed by atoms with van der Waals surface area (Å²) in [4.78, 5) is 12.1. The third kappa shape index (κ3) is 3.93. The minimum atomic E-state index is -3.33. The lowest BCUT2D eigenvalue weighted by Crippen LogP contribution is -2.49. The van der Waals surface area contributed by atoms with E-state index in [-0.39, 0.29) is 17.1 Å². The molecule has 0 saturated carbocycles. The second-order valence-electron chi connectivity index (χ2n) is 5.18. The normalized spacial score (nSPS) is 19.9. The van der Waals surface area contributed by atoms with Gasteiger partial charge in [-0.2, -0.15) is 0 Å². The summed E-state index contributed by atoms with van der Waals surface area (Å²) in [5.41, 5.74) is -0.183. The zero-order valence-electron chi connectivity index (χ0n) is 11.8. The maximum atomic E-state index is 13.2. The Hall–Kier alpha value is -1.25. The Morgan fingerprint density at radius 3 is 2.64 bits per heavy atom. The molecule has 122 valence electrons. The van der Waals surface area contributed by atoms with Crippen LogP contribution in [0.15, 0.2) is 12.1 Å². The summed E-state index contributed by atoms with van der Waals surface area (Å²) in [5.74, 6) is -2.97. The van der Waals surface area contributed by atoms with Gasteiger partial charge in [-0.15, -0.1) is 0 Å². The van der Waals surface area contributed by atoms with Crippen LogP contribution >= 0.6 is 11.6 Å². The lowest BCUT2D eigenvalue weighted by atomic mass is 10.1. The fourth-order valence-electron chi connectivity index (χ4n) is 2.32. The SMILES string of the molecule is CS(=O)(=O)N1CCCC(NC(=O)c2cc(F)c(F)cc2Cl)C1. The van der Waals surface area contributed by atoms with Gasteiger partial charge in [0.05, 0.1) is 16.8 Å². The van der Waals surface area contributed by atoms with Gasteiger partial charge < -0.3 is 5.32 Å². The van der Waals surface area contributed by atoms with Gasteiger partial charge in [-0.3, -0.25) is 4.79 Å². The van der Waals surface area contributed by atoms with Crippen molar-refractivity contribution in [3.8, 4) is 0 Å². The molecule has 0 radical (unpaired) electrons. The number of benzene rings is 1. The molecule has 1 aliphatic rings. The van der Waals surface area contributed by atoms with Crippen LogP contribution < -0.4 is 5.32 Å². The predicted octanol–water partition coefficient (Wildman–Crippen LogP) is 1.77. The molecule has 0 aliphatic carbocycles. The monoisotopic (exact) mass is 352 g/mol. The van der Waals surface area contributed by atoms with Crippen molar-refractivity contribution in [2.24, 2.45) is 0 Å². The Kier molecular flexibility index (Phi) is 5.03. The van der Waals surface area contributed by atoms with E-state index >= 15 is 0 Å². The summed E-state index contributed by atoms with van der Waals surface area (Å²) >= 11 is 5.74. The second kappa shape index (κ2) is 6.47. The summed E-state index contributed by atoms with van der Waals surface area (Å²) in [6.45, 7) is 0.545. The first-order chi connectivity index (χ1) is 10.2. The van der Waals surface area contributed by atoms with Crippen LogP contribution in [0.25, 0.3) is 0 Å². The maximum Gasteiger partial charge on any atom is 0.253 e. The van der Waals surface area contributed by atoms with Crippen molar-refractivity contribution in [3.63, 3.8) is 0 Å². The van der Waals surface area contributed by atoms with E-state index in [0.29, 0.717) is 19.4 Å². The van der Waals surface area contributed by atoms with Crippen LogP contribution in [0.1, 0.15) is 23.2 Å². The minimum absolute atomic E-state index is 0.145. The second-order valence-corrected chi connectivity index (χ2v) is 7.57. The van der Waals surface area contributed by atoms with E-state index in [2.05, 4.69) is 5.32 Å². The van der Waals surface area contributed by atoms with Crippen LogP contribution in [-0.2, 0) is 10.0 Å². The van der Waals surface area contributed by atoms with Gasteiger partial charge in [-0.1, -0.05) is 11.6 Å². The summed E-state index contributed by atoms with van der Waals surface area (Å²) in [5, 5.41) is 2.40. The van der Waals surface area contributed by atoms with E-state index in [0.717, 1.165) is 18.4 Å². The largest absolute Gasteiger partial charge is 0.348 e. The van der Waals surface area contributed by atoms with E-state index in [1.165, 1.54) is 4.31 Å². The number of nitrogens with zero attached hydrogens (tertiary/aromatic N) is 1. The summed E-state index contributed by atoms with van der Waals surface area (Å²) in [6.07, 6.45) is 2.30. The Morgan fingerprint density at radius 2 is 2.00 bits per heavy atom. The van der Waals surface area contributed by atoms with Crippen molar-refractivity contribution in [2.45, 2.75) is 18.9 Å². The van der Waals surface area contributed by atoms with Crippen molar-refractivity contribution in [3.05, 3.63) is 34.4 Å². The van der Waals surface area contributed by atoms with Crippen LogP contribution in [0.5, 0.6) is 0 Å². The Labute approximate surface area is 132 Å². The smallest absolute Gasteiger partial charge is 0.253 e. The van der Waals surface area contributed by atoms with Crippen LogP contribution in [-0.4, -0.2) is 44.0 Å². The summed E-state index contributed by atoms with van der Waals surface area (Å²) < 4.78 is 50.5. The lowest BCUT2D eigenvalue weighted by Gasteiger charge is -2.31. The van der Waals surface area contributed by atoms with Gasteiger partial charge in [0.2, 0.25) is 10.0 Å². The molecule has 1 aliphatic heterocycles. The summed E-state index contributed by atoms with van der Waals surface area (Å²) in [7, 11) is -3.33. The third-order valence-electron chi connectivity index (χ3n) is 3.44. The number of sulfonamides is 1. The van der Waals surface area contributed by atoms with Crippen LogP contribution in [0, 0.1) is 11.6 Å². The van der Waals surface area contributed by atoms with Crippen LogP contribution in [0.2, 0.25) is 5.02 Å². The van der Waals surface area contributed by atoms with Gasteiger partial charge in [0.1, 0.15) is 0 Å². The quantitative estimate of drug-likeness (QED) is 0.843. The molecule has 1 N–H and O–H groups in total. The Balaban J connectivity index is 2.11. The van der Waals surface area contributed by atoms with Gasteiger partial charge in [-0.25, -0.2) is 21.5 Å². The van der Waals surface area contributed by atoms with Crippen LogP contribution in [0.3, 0.4) is 0 Å². The van der Waals surface area contributed by atoms with Gasteiger partial charge in [0, 0.05) is 19.1 Å². The highest BCUT2D eigenvalue weighted by atomic mass is 35.5. The Bertz CT molecular complexity index is 697. The predicted molar refractivity (Wildman–Crippen MR) is 78.3 cm³/mol. The Morgan fingerprint density at radius 1 is 1.36 bits per heavy atom. The molecular weight excluding hydrogens is 338 g/mol. The van der Waals surface area contributed by atoms with Crippen molar-refractivity contribution in [1.29, 1.82) is 0 Å². The molecule has 1 unspecified atom stereocenters. The molecule has 0 bridgehead atoms. The fourth-order valence-corrected chi connectivity index (χ4v) is 3.47. The molecule has 0 spiro atoms. The van der Waals surface area contributed by atoms with Crippen molar-refractivity contribution in [1.82, 2.24) is 9.62 Å². The molecule has 1 aromatic carbocycles. The van der Waals surface area contributed by atoms with E-state index in [4.69, 9.17) is 11.6 Å². The average molecular weight is 353 g/mol. The molecular formula is C13H15ClF2N2O3S. The molecule has 0 aromatic heterocycles. The number of hydrogen-bond donors (Lipinski definition) is 1. The third-order valence-corrected chi connectivity index (χ3v) is 5.03. The molecule has 1 amide bonds. The van der Waals surface area contributed by atoms with Gasteiger partial charge >= 0.3 is 0 Å². The van der Waals surface area contributed by atoms with Gasteiger partial charge in [0.15, 0.2) is 11.6 Å². The first-order valence-electron chi connectivity index (χ1n) is 6.59. The molecule has 1 aromatic rings. The number of halogens is 3. The number of carbonyl (C=O) groups is 1. The number of carbonyl (C=O) groups excluding carboxylic acids is 1. The van der Waals surface area contributed by atoms with E-state index in [1.54, 1.807) is 0 Å². The number of hydrogen-bond acceptors (Lipinski definition) is 3. The molecule has 2 rings (SSSR count). The molecule has 1 fully saturated rings. The zero-order chi connectivity index (χ0) is 16.5. The minimum Gasteiger partial charge on any atom is -0.348 e. The summed E-state index contributed by atoms with van der Waals surface area (Å²) in [6, 6.07) is 1.06. The standard InChI is InChI=1S/C13H15ClF2N2O3S/c1-22(20,21)18-4-2-3-8(7-18)17-13(19)9-5-11(15)12(16)6-10(9)14/h5-6,8H,2-4,7H2,1H3,(H,17,19). The van der Waals surface area contributed by atoms with Crippen LogP contribution in [0.4, 0.5) is 8.78 Å². The van der Waals surface area contributed by atoms with E-state index in [9.17, 15) is 22.0 Å². The number of nitrogens with one attached hydrogen (secondary N) is 1. The van der Waals surface area contributed by atoms with Crippen molar-refractivity contribution < 1.29 is 22.0 Å². The highest BCUT2D eigenvalue weighted by Gasteiger charge is 2.27.